The fourth-order valence-corrected chi connectivity index (χ4v) is 2.56. The van der Waals surface area contributed by atoms with Crippen LogP contribution in [-0.4, -0.2) is 5.91 Å². The summed E-state index contributed by atoms with van der Waals surface area (Å²) in [6, 6.07) is 0. The van der Waals surface area contributed by atoms with E-state index in [0.29, 0.717) is 12.5 Å². The highest BCUT2D eigenvalue weighted by Crippen LogP contribution is 2.32. The molecule has 0 aliphatic carbocycles. The molecule has 1 heterocycles. The van der Waals surface area contributed by atoms with E-state index in [4.69, 9.17) is 5.73 Å². The van der Waals surface area contributed by atoms with Crippen LogP contribution in [0.2, 0.25) is 0 Å². The summed E-state index contributed by atoms with van der Waals surface area (Å²) in [5, 5.41) is 5.76. The van der Waals surface area contributed by atoms with Crippen molar-refractivity contribution in [1.82, 2.24) is 0 Å². The number of anilines is 1. The monoisotopic (exact) mass is 212 g/mol. The van der Waals surface area contributed by atoms with Gasteiger partial charge in [0.25, 0.3) is 0 Å². The van der Waals surface area contributed by atoms with Gasteiger partial charge in [-0.05, 0) is 16.9 Å². The second kappa shape index (κ2) is 4.57. The molecule has 0 bridgehead atoms. The first-order valence-electron chi connectivity index (χ1n) is 4.64. The van der Waals surface area contributed by atoms with Crippen LogP contribution in [0.25, 0.3) is 0 Å². The molecular weight excluding hydrogens is 196 g/mol. The normalized spacial score (nSPS) is 10.6. The summed E-state index contributed by atoms with van der Waals surface area (Å²) in [5.41, 5.74) is 7.97. The van der Waals surface area contributed by atoms with Gasteiger partial charge in [0, 0.05) is 19.0 Å². The summed E-state index contributed by atoms with van der Waals surface area (Å²) >= 11 is 1.55. The molecule has 0 aliphatic rings. The SMILES string of the molecule is CC(=O)Nc1scc(C(C)C)c1CN. The lowest BCUT2D eigenvalue weighted by Crippen LogP contribution is -2.09. The second-order valence-electron chi connectivity index (χ2n) is 3.54. The van der Waals surface area contributed by atoms with E-state index in [2.05, 4.69) is 24.5 Å². The molecule has 14 heavy (non-hydrogen) atoms. The maximum absolute atomic E-state index is 10.9. The minimum Gasteiger partial charge on any atom is -0.326 e. The van der Waals surface area contributed by atoms with Crippen molar-refractivity contribution < 1.29 is 4.79 Å². The fraction of sp³-hybridized carbons (Fsp3) is 0.500. The Labute approximate surface area is 88.3 Å². The lowest BCUT2D eigenvalue weighted by Gasteiger charge is -2.07. The van der Waals surface area contributed by atoms with E-state index >= 15 is 0 Å². The summed E-state index contributed by atoms with van der Waals surface area (Å²) in [7, 11) is 0. The zero-order valence-electron chi connectivity index (χ0n) is 8.76. The van der Waals surface area contributed by atoms with Crippen LogP contribution < -0.4 is 11.1 Å². The smallest absolute Gasteiger partial charge is 0.221 e. The molecule has 1 amide bonds. The highest BCUT2D eigenvalue weighted by atomic mass is 32.1. The highest BCUT2D eigenvalue weighted by molar-refractivity contribution is 7.14. The molecule has 1 aromatic heterocycles. The molecule has 0 aromatic carbocycles. The molecule has 0 radical (unpaired) electrons. The van der Waals surface area contributed by atoms with Gasteiger partial charge in [-0.3, -0.25) is 4.79 Å². The van der Waals surface area contributed by atoms with Crippen molar-refractivity contribution >= 4 is 22.2 Å². The summed E-state index contributed by atoms with van der Waals surface area (Å²) in [4.78, 5) is 10.9. The average Bonchev–Trinajstić information content (AvgIpc) is 2.46. The second-order valence-corrected chi connectivity index (χ2v) is 4.42. The van der Waals surface area contributed by atoms with Crippen molar-refractivity contribution in [3.05, 3.63) is 16.5 Å². The van der Waals surface area contributed by atoms with Crippen molar-refractivity contribution in [2.45, 2.75) is 33.2 Å². The fourth-order valence-electron chi connectivity index (χ4n) is 1.36. The van der Waals surface area contributed by atoms with E-state index in [9.17, 15) is 4.79 Å². The Kier molecular flexibility index (Phi) is 3.66. The van der Waals surface area contributed by atoms with Crippen LogP contribution in [0, 0.1) is 0 Å². The number of thiophene rings is 1. The molecule has 78 valence electrons. The molecule has 0 unspecified atom stereocenters. The van der Waals surface area contributed by atoms with Crippen LogP contribution >= 0.6 is 11.3 Å². The maximum Gasteiger partial charge on any atom is 0.221 e. The van der Waals surface area contributed by atoms with E-state index in [1.165, 1.54) is 12.5 Å². The highest BCUT2D eigenvalue weighted by Gasteiger charge is 2.13. The van der Waals surface area contributed by atoms with Gasteiger partial charge in [-0.25, -0.2) is 0 Å². The van der Waals surface area contributed by atoms with Gasteiger partial charge in [-0.15, -0.1) is 11.3 Å². The Morgan fingerprint density at radius 3 is 2.71 bits per heavy atom. The van der Waals surface area contributed by atoms with Gasteiger partial charge in [-0.1, -0.05) is 13.8 Å². The van der Waals surface area contributed by atoms with Gasteiger partial charge in [0.1, 0.15) is 0 Å². The van der Waals surface area contributed by atoms with E-state index in [-0.39, 0.29) is 5.91 Å². The first-order valence-corrected chi connectivity index (χ1v) is 5.52. The Morgan fingerprint density at radius 1 is 1.64 bits per heavy atom. The predicted molar refractivity (Wildman–Crippen MR) is 60.6 cm³/mol. The zero-order valence-corrected chi connectivity index (χ0v) is 9.57. The number of amides is 1. The van der Waals surface area contributed by atoms with E-state index in [0.717, 1.165) is 10.6 Å². The summed E-state index contributed by atoms with van der Waals surface area (Å²) in [6.45, 7) is 6.24. The van der Waals surface area contributed by atoms with Crippen LogP contribution in [0.15, 0.2) is 5.38 Å². The third kappa shape index (κ3) is 2.33. The molecule has 4 heteroatoms. The third-order valence-corrected chi connectivity index (χ3v) is 3.00. The van der Waals surface area contributed by atoms with Crippen LogP contribution in [-0.2, 0) is 11.3 Å². The Hall–Kier alpha value is -0.870. The molecule has 0 fully saturated rings. The Balaban J connectivity index is 3.01. The minimum atomic E-state index is -0.0446. The molecule has 0 saturated carbocycles. The van der Waals surface area contributed by atoms with Crippen molar-refractivity contribution in [2.24, 2.45) is 5.73 Å². The summed E-state index contributed by atoms with van der Waals surface area (Å²) in [5.74, 6) is 0.407. The molecule has 0 aliphatic heterocycles. The van der Waals surface area contributed by atoms with E-state index < -0.39 is 0 Å². The van der Waals surface area contributed by atoms with Crippen molar-refractivity contribution in [3.8, 4) is 0 Å². The van der Waals surface area contributed by atoms with Crippen LogP contribution in [0.3, 0.4) is 0 Å². The number of hydrogen-bond acceptors (Lipinski definition) is 3. The third-order valence-electron chi connectivity index (χ3n) is 2.04. The van der Waals surface area contributed by atoms with Gasteiger partial charge < -0.3 is 11.1 Å². The molecule has 1 rings (SSSR count). The minimum absolute atomic E-state index is 0.0446. The first kappa shape index (κ1) is 11.2. The number of rotatable bonds is 3. The number of nitrogens with one attached hydrogen (secondary N) is 1. The number of carbonyl (C=O) groups is 1. The van der Waals surface area contributed by atoms with Gasteiger partial charge in [0.05, 0.1) is 5.00 Å². The molecule has 1 aromatic rings. The number of carbonyl (C=O) groups excluding carboxylic acids is 1. The Bertz CT molecular complexity index is 331. The topological polar surface area (TPSA) is 55.1 Å². The van der Waals surface area contributed by atoms with Gasteiger partial charge in [-0.2, -0.15) is 0 Å². The summed E-state index contributed by atoms with van der Waals surface area (Å²) < 4.78 is 0. The van der Waals surface area contributed by atoms with Crippen LogP contribution in [0.1, 0.15) is 37.8 Å². The molecule has 0 spiro atoms. The van der Waals surface area contributed by atoms with Crippen LogP contribution in [0.4, 0.5) is 5.00 Å². The summed E-state index contributed by atoms with van der Waals surface area (Å²) in [6.07, 6.45) is 0. The zero-order chi connectivity index (χ0) is 10.7. The lowest BCUT2D eigenvalue weighted by atomic mass is 10.0. The molecule has 3 N–H and O–H groups in total. The predicted octanol–water partition coefficient (Wildman–Crippen LogP) is 2.29. The molecular formula is C10H16N2OS. The average molecular weight is 212 g/mol. The number of hydrogen-bond donors (Lipinski definition) is 2. The lowest BCUT2D eigenvalue weighted by molar-refractivity contribution is -0.114. The van der Waals surface area contributed by atoms with Crippen LogP contribution in [0.5, 0.6) is 0 Å². The number of nitrogens with two attached hydrogens (primary N) is 1. The molecule has 3 nitrogen and oxygen atoms in total. The largest absolute Gasteiger partial charge is 0.326 e. The maximum atomic E-state index is 10.9. The Morgan fingerprint density at radius 2 is 2.29 bits per heavy atom. The van der Waals surface area contributed by atoms with Gasteiger partial charge >= 0.3 is 0 Å². The molecule has 0 atom stereocenters. The van der Waals surface area contributed by atoms with Gasteiger partial charge in [0.2, 0.25) is 5.91 Å². The van der Waals surface area contributed by atoms with Gasteiger partial charge in [0.15, 0.2) is 0 Å². The van der Waals surface area contributed by atoms with E-state index in [1.807, 2.05) is 0 Å². The quantitative estimate of drug-likeness (QED) is 0.807. The van der Waals surface area contributed by atoms with Crippen molar-refractivity contribution in [3.63, 3.8) is 0 Å². The molecule has 0 saturated heterocycles. The van der Waals surface area contributed by atoms with Crippen molar-refractivity contribution in [1.29, 1.82) is 0 Å². The van der Waals surface area contributed by atoms with E-state index in [1.54, 1.807) is 11.3 Å². The standard InChI is InChI=1S/C10H16N2OS/c1-6(2)9-5-14-10(8(9)4-11)12-7(3)13/h5-6H,4,11H2,1-3H3,(H,12,13). The van der Waals surface area contributed by atoms with Crippen molar-refractivity contribution in [2.75, 3.05) is 5.32 Å². The first-order chi connectivity index (χ1) is 6.56.